The van der Waals surface area contributed by atoms with E-state index in [2.05, 4.69) is 10.3 Å². The molecule has 0 aliphatic rings. The van der Waals surface area contributed by atoms with E-state index in [1.165, 1.54) is 30.7 Å². The van der Waals surface area contributed by atoms with E-state index >= 15 is 4.39 Å². The highest BCUT2D eigenvalue weighted by Crippen LogP contribution is 2.31. The number of halogens is 1. The molecular formula is C22H26FN3O3S. The maximum atomic E-state index is 15.0. The SMILES string of the molecule is CNCc1cc(-c2ccc(OCC(C)(C)C)cc2F)n(S(=O)(=O)c2cccnc2)c1. The molecule has 0 bridgehead atoms. The molecule has 0 radical (unpaired) electrons. The van der Waals surface area contributed by atoms with E-state index in [1.54, 1.807) is 31.3 Å². The Morgan fingerprint density at radius 2 is 1.97 bits per heavy atom. The summed E-state index contributed by atoms with van der Waals surface area (Å²) in [6, 6.07) is 9.15. The molecule has 0 amide bonds. The van der Waals surface area contributed by atoms with Crippen molar-refractivity contribution in [3.8, 4) is 17.0 Å². The molecule has 0 aliphatic heterocycles. The van der Waals surface area contributed by atoms with Crippen molar-refractivity contribution in [3.05, 3.63) is 66.4 Å². The molecule has 0 unspecified atom stereocenters. The van der Waals surface area contributed by atoms with Crippen molar-refractivity contribution in [2.45, 2.75) is 32.2 Å². The van der Waals surface area contributed by atoms with Crippen LogP contribution in [0.5, 0.6) is 5.75 Å². The average Bonchev–Trinajstić information content (AvgIpc) is 3.11. The van der Waals surface area contributed by atoms with Gasteiger partial charge in [-0.25, -0.2) is 16.8 Å². The van der Waals surface area contributed by atoms with Crippen LogP contribution in [0.4, 0.5) is 4.39 Å². The Morgan fingerprint density at radius 3 is 2.57 bits per heavy atom. The lowest BCUT2D eigenvalue weighted by Crippen LogP contribution is -2.17. The van der Waals surface area contributed by atoms with Gasteiger partial charge in [0.1, 0.15) is 16.5 Å². The van der Waals surface area contributed by atoms with E-state index in [-0.39, 0.29) is 21.6 Å². The number of nitrogens with one attached hydrogen (secondary N) is 1. The number of hydrogen-bond acceptors (Lipinski definition) is 5. The number of ether oxygens (including phenoxy) is 1. The summed E-state index contributed by atoms with van der Waals surface area (Å²) in [4.78, 5) is 3.93. The molecule has 2 heterocycles. The van der Waals surface area contributed by atoms with Gasteiger partial charge in [0.25, 0.3) is 10.0 Å². The van der Waals surface area contributed by atoms with Crippen molar-refractivity contribution in [3.63, 3.8) is 0 Å². The van der Waals surface area contributed by atoms with Crippen LogP contribution in [-0.2, 0) is 16.6 Å². The number of aromatic nitrogens is 2. The van der Waals surface area contributed by atoms with Crippen LogP contribution in [0.3, 0.4) is 0 Å². The van der Waals surface area contributed by atoms with E-state index < -0.39 is 15.8 Å². The molecule has 0 spiro atoms. The quantitative estimate of drug-likeness (QED) is 0.610. The maximum Gasteiger partial charge on any atom is 0.269 e. The Balaban J connectivity index is 2.06. The number of benzene rings is 1. The third-order valence-electron chi connectivity index (χ3n) is 4.30. The molecule has 2 aromatic heterocycles. The van der Waals surface area contributed by atoms with Gasteiger partial charge in [-0.1, -0.05) is 20.8 Å². The Morgan fingerprint density at radius 1 is 1.20 bits per heavy atom. The van der Waals surface area contributed by atoms with Crippen LogP contribution in [0.25, 0.3) is 11.3 Å². The third kappa shape index (κ3) is 4.88. The molecule has 1 aromatic carbocycles. The van der Waals surface area contributed by atoms with Crippen molar-refractivity contribution >= 4 is 10.0 Å². The maximum absolute atomic E-state index is 15.0. The molecule has 0 fully saturated rings. The van der Waals surface area contributed by atoms with Crippen LogP contribution in [0.2, 0.25) is 0 Å². The fourth-order valence-electron chi connectivity index (χ4n) is 2.90. The largest absolute Gasteiger partial charge is 0.493 e. The summed E-state index contributed by atoms with van der Waals surface area (Å²) in [6.07, 6.45) is 4.27. The summed E-state index contributed by atoms with van der Waals surface area (Å²) in [5.74, 6) is -0.159. The minimum absolute atomic E-state index is 0.0309. The lowest BCUT2D eigenvalue weighted by Gasteiger charge is -2.19. The molecule has 160 valence electrons. The molecule has 0 saturated carbocycles. The highest BCUT2D eigenvalue weighted by molar-refractivity contribution is 7.90. The lowest BCUT2D eigenvalue weighted by atomic mass is 9.99. The smallest absolute Gasteiger partial charge is 0.269 e. The van der Waals surface area contributed by atoms with Crippen molar-refractivity contribution in [1.29, 1.82) is 0 Å². The van der Waals surface area contributed by atoms with Gasteiger partial charge in [0, 0.05) is 36.8 Å². The number of nitrogens with zero attached hydrogens (tertiary/aromatic N) is 2. The van der Waals surface area contributed by atoms with Gasteiger partial charge in [-0.05, 0) is 48.4 Å². The summed E-state index contributed by atoms with van der Waals surface area (Å²) >= 11 is 0. The Hall–Kier alpha value is -2.71. The molecule has 6 nitrogen and oxygen atoms in total. The molecule has 30 heavy (non-hydrogen) atoms. The fraction of sp³-hybridized carbons (Fsp3) is 0.318. The number of pyridine rings is 1. The Kier molecular flexibility index (Phi) is 6.28. The van der Waals surface area contributed by atoms with Crippen molar-refractivity contribution in [1.82, 2.24) is 14.3 Å². The molecule has 0 atom stereocenters. The standard InChI is InChI=1S/C22H26FN3O3S/c1-22(2,3)15-29-17-7-8-19(20(23)11-17)21-10-16(12-24-4)14-26(21)30(27,28)18-6-5-9-25-13-18/h5-11,13-14,24H,12,15H2,1-4H3. The predicted octanol–water partition coefficient (Wildman–Crippen LogP) is 4.07. The topological polar surface area (TPSA) is 73.2 Å². The van der Waals surface area contributed by atoms with E-state index in [1.807, 2.05) is 20.8 Å². The third-order valence-corrected chi connectivity index (χ3v) is 5.96. The van der Waals surface area contributed by atoms with Crippen LogP contribution in [0.15, 0.2) is 59.9 Å². The minimum Gasteiger partial charge on any atom is -0.493 e. The van der Waals surface area contributed by atoms with Gasteiger partial charge in [0.2, 0.25) is 0 Å². The number of rotatable bonds is 7. The minimum atomic E-state index is -3.94. The zero-order valence-corrected chi connectivity index (χ0v) is 18.3. The van der Waals surface area contributed by atoms with Gasteiger partial charge in [-0.3, -0.25) is 4.98 Å². The van der Waals surface area contributed by atoms with Crippen LogP contribution >= 0.6 is 0 Å². The van der Waals surface area contributed by atoms with Crippen LogP contribution in [-0.4, -0.2) is 31.0 Å². The second-order valence-corrected chi connectivity index (χ2v) is 10.1. The first-order chi connectivity index (χ1) is 14.1. The van der Waals surface area contributed by atoms with Gasteiger partial charge in [0.15, 0.2) is 0 Å². The fourth-order valence-corrected chi connectivity index (χ4v) is 4.26. The highest BCUT2D eigenvalue weighted by Gasteiger charge is 2.24. The first-order valence-electron chi connectivity index (χ1n) is 9.56. The Bertz CT molecular complexity index is 1120. The van der Waals surface area contributed by atoms with Crippen molar-refractivity contribution in [2.24, 2.45) is 5.41 Å². The molecule has 1 N–H and O–H groups in total. The van der Waals surface area contributed by atoms with Crippen molar-refractivity contribution < 1.29 is 17.5 Å². The van der Waals surface area contributed by atoms with Gasteiger partial charge in [-0.15, -0.1) is 0 Å². The summed E-state index contributed by atoms with van der Waals surface area (Å²) in [6.45, 7) is 6.95. The van der Waals surface area contributed by atoms with E-state index in [0.717, 1.165) is 3.97 Å². The molecule has 0 saturated heterocycles. The van der Waals surface area contributed by atoms with Gasteiger partial charge >= 0.3 is 0 Å². The molecular weight excluding hydrogens is 405 g/mol. The van der Waals surface area contributed by atoms with Gasteiger partial charge < -0.3 is 10.1 Å². The number of hydrogen-bond donors (Lipinski definition) is 1. The summed E-state index contributed by atoms with van der Waals surface area (Å²) in [7, 11) is -2.18. The van der Waals surface area contributed by atoms with Crippen LogP contribution in [0, 0.1) is 11.2 Å². The second kappa shape index (κ2) is 8.57. The monoisotopic (exact) mass is 431 g/mol. The van der Waals surface area contributed by atoms with Crippen LogP contribution < -0.4 is 10.1 Å². The van der Waals surface area contributed by atoms with Gasteiger partial charge in [0.05, 0.1) is 12.3 Å². The summed E-state index contributed by atoms with van der Waals surface area (Å²) < 4.78 is 48.2. The van der Waals surface area contributed by atoms with E-state index in [4.69, 9.17) is 4.74 Å². The molecule has 0 aliphatic carbocycles. The zero-order chi connectivity index (χ0) is 21.9. The molecule has 3 rings (SSSR count). The van der Waals surface area contributed by atoms with E-state index in [9.17, 15) is 8.42 Å². The van der Waals surface area contributed by atoms with E-state index in [0.29, 0.717) is 24.5 Å². The highest BCUT2D eigenvalue weighted by atomic mass is 32.2. The molecule has 8 heteroatoms. The average molecular weight is 432 g/mol. The summed E-state index contributed by atoms with van der Waals surface area (Å²) in [5.41, 5.74) is 1.06. The van der Waals surface area contributed by atoms with Crippen LogP contribution in [0.1, 0.15) is 26.3 Å². The summed E-state index contributed by atoms with van der Waals surface area (Å²) in [5, 5.41) is 2.99. The lowest BCUT2D eigenvalue weighted by molar-refractivity contribution is 0.197. The predicted molar refractivity (Wildman–Crippen MR) is 114 cm³/mol. The Labute approximate surface area is 176 Å². The normalized spacial score (nSPS) is 12.2. The molecule has 3 aromatic rings. The second-order valence-electron chi connectivity index (χ2n) is 8.24. The first kappa shape index (κ1) is 22.0. The zero-order valence-electron chi connectivity index (χ0n) is 17.5. The van der Waals surface area contributed by atoms with Crippen molar-refractivity contribution in [2.75, 3.05) is 13.7 Å². The van der Waals surface area contributed by atoms with Gasteiger partial charge in [-0.2, -0.15) is 0 Å². The first-order valence-corrected chi connectivity index (χ1v) is 11.0.